The van der Waals surface area contributed by atoms with Gasteiger partial charge in [0.15, 0.2) is 0 Å². The van der Waals surface area contributed by atoms with Crippen molar-refractivity contribution in [3.05, 3.63) is 0 Å². The fourth-order valence-electron chi connectivity index (χ4n) is 2.70. The molecule has 1 heterocycles. The van der Waals surface area contributed by atoms with E-state index in [4.69, 9.17) is 5.73 Å². The Hall–Kier alpha value is -2.65. The highest BCUT2D eigenvalue weighted by molar-refractivity contribution is 5.95. The summed E-state index contributed by atoms with van der Waals surface area (Å²) in [5, 5.41) is 7.44. The Labute approximate surface area is 152 Å². The van der Waals surface area contributed by atoms with Crippen molar-refractivity contribution in [2.75, 3.05) is 6.54 Å². The van der Waals surface area contributed by atoms with E-state index in [1.807, 2.05) is 0 Å². The first-order valence-electron chi connectivity index (χ1n) is 8.52. The lowest BCUT2D eigenvalue weighted by Crippen LogP contribution is -2.56. The van der Waals surface area contributed by atoms with E-state index in [0.29, 0.717) is 19.4 Å². The van der Waals surface area contributed by atoms with Gasteiger partial charge in [0.25, 0.3) is 0 Å². The average molecular weight is 369 g/mol. The van der Waals surface area contributed by atoms with Crippen molar-refractivity contribution in [2.45, 2.75) is 64.7 Å². The second-order valence-corrected chi connectivity index (χ2v) is 6.47. The molecule has 0 aliphatic carbocycles. The number of rotatable bonds is 7. The number of likely N-dealkylation sites (tertiary alicyclic amines) is 1. The number of nitrogens with zero attached hydrogens (tertiary/aromatic N) is 1. The van der Waals surface area contributed by atoms with E-state index >= 15 is 0 Å². The summed E-state index contributed by atoms with van der Waals surface area (Å²) in [4.78, 5) is 60.4. The van der Waals surface area contributed by atoms with E-state index in [2.05, 4.69) is 16.0 Å². The number of nitrogens with one attached hydrogen (secondary N) is 3. The number of hydrogen-bond acceptors (Lipinski definition) is 5. The van der Waals surface area contributed by atoms with Gasteiger partial charge in [0.2, 0.25) is 29.5 Å². The van der Waals surface area contributed by atoms with Crippen molar-refractivity contribution >= 4 is 29.5 Å². The van der Waals surface area contributed by atoms with E-state index in [9.17, 15) is 24.0 Å². The molecule has 146 valence electrons. The molecule has 10 nitrogen and oxygen atoms in total. The second kappa shape index (κ2) is 9.16. The Morgan fingerprint density at radius 3 is 2.12 bits per heavy atom. The molecule has 5 amide bonds. The lowest BCUT2D eigenvalue weighted by Gasteiger charge is -2.28. The summed E-state index contributed by atoms with van der Waals surface area (Å²) < 4.78 is 0. The number of nitrogens with two attached hydrogens (primary N) is 1. The van der Waals surface area contributed by atoms with Crippen LogP contribution in [-0.2, 0) is 24.0 Å². The monoisotopic (exact) mass is 369 g/mol. The van der Waals surface area contributed by atoms with Crippen LogP contribution in [0.2, 0.25) is 0 Å². The third-order valence-corrected chi connectivity index (χ3v) is 4.17. The minimum Gasteiger partial charge on any atom is -0.368 e. The van der Waals surface area contributed by atoms with E-state index in [1.165, 1.54) is 25.7 Å². The summed E-state index contributed by atoms with van der Waals surface area (Å²) in [5.41, 5.74) is 5.08. The molecule has 0 bridgehead atoms. The normalized spacial score (nSPS) is 19.8. The zero-order valence-corrected chi connectivity index (χ0v) is 15.5. The van der Waals surface area contributed by atoms with Gasteiger partial charge in [0, 0.05) is 13.5 Å². The molecule has 5 N–H and O–H groups in total. The van der Waals surface area contributed by atoms with Gasteiger partial charge in [-0.1, -0.05) is 0 Å². The maximum Gasteiger partial charge on any atom is 0.245 e. The second-order valence-electron chi connectivity index (χ2n) is 6.47. The fraction of sp³-hybridized carbons (Fsp3) is 0.688. The van der Waals surface area contributed by atoms with Crippen LogP contribution in [0.5, 0.6) is 0 Å². The largest absolute Gasteiger partial charge is 0.368 e. The number of amides is 5. The highest BCUT2D eigenvalue weighted by Crippen LogP contribution is 2.18. The van der Waals surface area contributed by atoms with Gasteiger partial charge in [-0.2, -0.15) is 0 Å². The van der Waals surface area contributed by atoms with Crippen LogP contribution in [0, 0.1) is 0 Å². The predicted octanol–water partition coefficient (Wildman–Crippen LogP) is -2.00. The predicted molar refractivity (Wildman–Crippen MR) is 92.4 cm³/mol. The van der Waals surface area contributed by atoms with Gasteiger partial charge in [0.05, 0.1) is 0 Å². The van der Waals surface area contributed by atoms with Gasteiger partial charge < -0.3 is 26.6 Å². The Kier molecular flexibility index (Phi) is 7.54. The quantitative estimate of drug-likeness (QED) is 0.409. The summed E-state index contributed by atoms with van der Waals surface area (Å²) in [6, 6.07) is -3.19. The molecule has 1 rings (SSSR count). The van der Waals surface area contributed by atoms with Crippen LogP contribution < -0.4 is 21.7 Å². The van der Waals surface area contributed by atoms with Crippen LogP contribution in [0.15, 0.2) is 0 Å². The van der Waals surface area contributed by atoms with Crippen LogP contribution in [-0.4, -0.2) is 65.1 Å². The zero-order chi connectivity index (χ0) is 20.0. The molecule has 4 atom stereocenters. The van der Waals surface area contributed by atoms with Crippen molar-refractivity contribution < 1.29 is 24.0 Å². The minimum absolute atomic E-state index is 0.333. The first kappa shape index (κ1) is 21.4. The molecule has 0 unspecified atom stereocenters. The zero-order valence-electron chi connectivity index (χ0n) is 15.5. The Bertz CT molecular complexity index is 594. The third-order valence-electron chi connectivity index (χ3n) is 4.17. The van der Waals surface area contributed by atoms with Gasteiger partial charge in [-0.15, -0.1) is 0 Å². The summed E-state index contributed by atoms with van der Waals surface area (Å²) in [6.07, 6.45) is 1.12. The molecule has 1 aliphatic heterocycles. The third kappa shape index (κ3) is 5.71. The van der Waals surface area contributed by atoms with Gasteiger partial charge in [-0.3, -0.25) is 24.0 Å². The van der Waals surface area contributed by atoms with Crippen LogP contribution >= 0.6 is 0 Å². The first-order chi connectivity index (χ1) is 12.0. The van der Waals surface area contributed by atoms with E-state index in [1.54, 1.807) is 6.92 Å². The molecule has 1 saturated heterocycles. The fourth-order valence-corrected chi connectivity index (χ4v) is 2.70. The van der Waals surface area contributed by atoms with E-state index in [0.717, 1.165) is 0 Å². The molecule has 1 fully saturated rings. The standard InChI is InChI=1S/C16H27N5O5/c1-8(13(17)23)19-14(24)9(2)20-15(25)12-6-5-7-21(12)16(26)10(3)18-11(4)22/h8-10,12H,5-7H2,1-4H3,(H2,17,23)(H,18,22)(H,19,24)(H,20,25)/t8-,9-,10+,12+/m0/s1. The summed E-state index contributed by atoms with van der Waals surface area (Å²) in [5.74, 6) is -2.37. The minimum atomic E-state index is -0.894. The first-order valence-corrected chi connectivity index (χ1v) is 8.52. The van der Waals surface area contributed by atoms with E-state index < -0.39 is 41.9 Å². The molecule has 0 aromatic rings. The molecule has 0 saturated carbocycles. The smallest absolute Gasteiger partial charge is 0.245 e. The molecule has 0 aromatic heterocycles. The van der Waals surface area contributed by atoms with Crippen molar-refractivity contribution in [1.82, 2.24) is 20.9 Å². The lowest BCUT2D eigenvalue weighted by atomic mass is 10.1. The molecule has 0 radical (unpaired) electrons. The van der Waals surface area contributed by atoms with Crippen molar-refractivity contribution in [1.29, 1.82) is 0 Å². The number of carbonyl (C=O) groups is 5. The highest BCUT2D eigenvalue weighted by Gasteiger charge is 2.37. The molecule has 0 spiro atoms. The van der Waals surface area contributed by atoms with E-state index in [-0.39, 0.29) is 11.8 Å². The Morgan fingerprint density at radius 2 is 1.58 bits per heavy atom. The van der Waals surface area contributed by atoms with Gasteiger partial charge in [-0.05, 0) is 33.6 Å². The molecule has 10 heteroatoms. The topological polar surface area (TPSA) is 151 Å². The van der Waals surface area contributed by atoms with Crippen molar-refractivity contribution in [3.63, 3.8) is 0 Å². The van der Waals surface area contributed by atoms with Gasteiger partial charge >= 0.3 is 0 Å². The molecule has 0 aromatic carbocycles. The van der Waals surface area contributed by atoms with Crippen LogP contribution in [0.4, 0.5) is 0 Å². The molecule has 26 heavy (non-hydrogen) atoms. The molecule has 1 aliphatic rings. The lowest BCUT2D eigenvalue weighted by molar-refractivity contribution is -0.141. The molecular weight excluding hydrogens is 342 g/mol. The number of carbonyl (C=O) groups excluding carboxylic acids is 5. The van der Waals surface area contributed by atoms with Gasteiger partial charge in [-0.25, -0.2) is 0 Å². The van der Waals surface area contributed by atoms with Crippen molar-refractivity contribution in [2.24, 2.45) is 5.73 Å². The van der Waals surface area contributed by atoms with Crippen LogP contribution in [0.3, 0.4) is 0 Å². The molecular formula is C16H27N5O5. The van der Waals surface area contributed by atoms with Crippen LogP contribution in [0.1, 0.15) is 40.5 Å². The summed E-state index contributed by atoms with van der Waals surface area (Å²) in [7, 11) is 0. The number of primary amides is 1. The Morgan fingerprint density at radius 1 is 0.962 bits per heavy atom. The summed E-state index contributed by atoms with van der Waals surface area (Å²) in [6.45, 7) is 6.18. The summed E-state index contributed by atoms with van der Waals surface area (Å²) >= 11 is 0. The number of hydrogen-bond donors (Lipinski definition) is 4. The maximum absolute atomic E-state index is 12.5. The van der Waals surface area contributed by atoms with Gasteiger partial charge in [0.1, 0.15) is 24.2 Å². The van der Waals surface area contributed by atoms with Crippen molar-refractivity contribution in [3.8, 4) is 0 Å². The highest BCUT2D eigenvalue weighted by atomic mass is 16.2. The Balaban J connectivity index is 2.67. The van der Waals surface area contributed by atoms with Crippen LogP contribution in [0.25, 0.3) is 0 Å². The average Bonchev–Trinajstić information content (AvgIpc) is 3.02. The maximum atomic E-state index is 12.5. The SMILES string of the molecule is CC(=O)N[C@H](C)C(=O)N1CCC[C@@H]1C(=O)N[C@@H](C)C(=O)N[C@@H](C)C(N)=O.